The number of hydrogen-bond donors (Lipinski definition) is 0. The highest BCUT2D eigenvalue weighted by molar-refractivity contribution is 7.92. The number of nitrogens with zero attached hydrogens (tertiary/aromatic N) is 1. The van der Waals surface area contributed by atoms with Crippen molar-refractivity contribution < 1.29 is 17.9 Å². The Labute approximate surface area is 180 Å². The Bertz CT molecular complexity index is 1100. The van der Waals surface area contributed by atoms with E-state index in [1.165, 1.54) is 18.5 Å². The lowest BCUT2D eigenvalue weighted by molar-refractivity contribution is 0.403. The zero-order chi connectivity index (χ0) is 21.0. The summed E-state index contributed by atoms with van der Waals surface area (Å²) in [5, 5.41) is 0.836. The topological polar surface area (TPSA) is 55.8 Å². The van der Waals surface area contributed by atoms with E-state index in [0.717, 1.165) is 0 Å². The maximum Gasteiger partial charge on any atom is 0.264 e. The first-order valence-electron chi connectivity index (χ1n) is 8.60. The molecule has 0 saturated carbocycles. The van der Waals surface area contributed by atoms with Gasteiger partial charge in [-0.15, -0.1) is 0 Å². The van der Waals surface area contributed by atoms with Gasteiger partial charge in [0.2, 0.25) is 0 Å². The van der Waals surface area contributed by atoms with Crippen LogP contribution < -0.4 is 13.8 Å². The molecular formula is C21H19Cl2NO4S. The molecule has 0 aliphatic carbocycles. The molecule has 0 fully saturated rings. The van der Waals surface area contributed by atoms with Crippen molar-refractivity contribution in [3.05, 3.63) is 82.3 Å². The molecule has 0 saturated heterocycles. The van der Waals surface area contributed by atoms with Crippen molar-refractivity contribution in [2.75, 3.05) is 18.5 Å². The highest BCUT2D eigenvalue weighted by Gasteiger charge is 2.28. The fourth-order valence-electron chi connectivity index (χ4n) is 2.82. The number of rotatable bonds is 7. The first-order chi connectivity index (χ1) is 13.9. The summed E-state index contributed by atoms with van der Waals surface area (Å²) < 4.78 is 39.1. The van der Waals surface area contributed by atoms with Gasteiger partial charge in [0.1, 0.15) is 11.5 Å². The Morgan fingerprint density at radius 2 is 1.62 bits per heavy atom. The van der Waals surface area contributed by atoms with Crippen molar-refractivity contribution in [3.8, 4) is 11.5 Å². The third-order valence-electron chi connectivity index (χ3n) is 4.31. The fourth-order valence-corrected chi connectivity index (χ4v) is 4.75. The molecule has 0 unspecified atom stereocenters. The summed E-state index contributed by atoms with van der Waals surface area (Å²) >= 11 is 12.3. The van der Waals surface area contributed by atoms with Crippen molar-refractivity contribution in [2.24, 2.45) is 0 Å². The molecule has 152 valence electrons. The SMILES string of the molecule is COc1ccc(OC)c(N(Cc2ccc(Cl)cc2Cl)S(=O)(=O)c2ccccc2)c1. The summed E-state index contributed by atoms with van der Waals surface area (Å²) in [6.07, 6.45) is 0. The van der Waals surface area contributed by atoms with Gasteiger partial charge in [-0.2, -0.15) is 0 Å². The Morgan fingerprint density at radius 1 is 0.897 bits per heavy atom. The summed E-state index contributed by atoms with van der Waals surface area (Å²) in [5.41, 5.74) is 0.933. The number of hydrogen-bond acceptors (Lipinski definition) is 4. The minimum absolute atomic E-state index is 0.0171. The molecule has 0 amide bonds. The first-order valence-corrected chi connectivity index (χ1v) is 10.8. The average molecular weight is 452 g/mol. The Kier molecular flexibility index (Phi) is 6.57. The van der Waals surface area contributed by atoms with Gasteiger partial charge in [0.15, 0.2) is 0 Å². The van der Waals surface area contributed by atoms with E-state index in [0.29, 0.717) is 32.8 Å². The average Bonchev–Trinajstić information content (AvgIpc) is 2.73. The maximum atomic E-state index is 13.5. The highest BCUT2D eigenvalue weighted by Crippen LogP contribution is 2.37. The van der Waals surface area contributed by atoms with E-state index >= 15 is 0 Å². The van der Waals surface area contributed by atoms with E-state index < -0.39 is 10.0 Å². The number of halogens is 2. The maximum absolute atomic E-state index is 13.5. The van der Waals surface area contributed by atoms with Crippen LogP contribution in [-0.2, 0) is 16.6 Å². The first kappa shape index (κ1) is 21.3. The zero-order valence-electron chi connectivity index (χ0n) is 15.8. The third kappa shape index (κ3) is 4.61. The summed E-state index contributed by atoms with van der Waals surface area (Å²) in [6, 6.07) is 18.1. The molecule has 29 heavy (non-hydrogen) atoms. The molecular weight excluding hydrogens is 433 g/mol. The molecule has 0 radical (unpaired) electrons. The molecule has 3 rings (SSSR count). The molecule has 0 bridgehead atoms. The number of anilines is 1. The standard InChI is InChI=1S/C21H19Cl2NO4S/c1-27-17-10-11-21(28-2)20(13-17)24(14-15-8-9-16(22)12-19(15)23)29(25,26)18-6-4-3-5-7-18/h3-13H,14H2,1-2H3. The van der Waals surface area contributed by atoms with E-state index in [1.54, 1.807) is 66.7 Å². The van der Waals surface area contributed by atoms with Crippen molar-refractivity contribution in [2.45, 2.75) is 11.4 Å². The van der Waals surface area contributed by atoms with E-state index in [4.69, 9.17) is 32.7 Å². The van der Waals surface area contributed by atoms with Gasteiger partial charge in [-0.05, 0) is 42.0 Å². The van der Waals surface area contributed by atoms with Crippen LogP contribution in [0.25, 0.3) is 0 Å². The molecule has 8 heteroatoms. The number of ether oxygens (including phenoxy) is 2. The predicted molar refractivity (Wildman–Crippen MR) is 116 cm³/mol. The molecule has 5 nitrogen and oxygen atoms in total. The van der Waals surface area contributed by atoms with Gasteiger partial charge < -0.3 is 9.47 Å². The largest absolute Gasteiger partial charge is 0.497 e. The lowest BCUT2D eigenvalue weighted by Crippen LogP contribution is -2.31. The quantitative estimate of drug-likeness (QED) is 0.481. The van der Waals surface area contributed by atoms with Gasteiger partial charge in [0, 0.05) is 16.1 Å². The number of methoxy groups -OCH3 is 2. The predicted octanol–water partition coefficient (Wildman–Crippen LogP) is 5.41. The number of benzene rings is 3. The molecule has 0 aliphatic heterocycles. The van der Waals surface area contributed by atoms with E-state index in [9.17, 15) is 8.42 Å². The van der Waals surface area contributed by atoms with Crippen molar-refractivity contribution in [3.63, 3.8) is 0 Å². The lowest BCUT2D eigenvalue weighted by Gasteiger charge is -2.27. The molecule has 0 spiro atoms. The van der Waals surface area contributed by atoms with Gasteiger partial charge in [-0.3, -0.25) is 4.31 Å². The second-order valence-corrected chi connectivity index (χ2v) is 8.80. The van der Waals surface area contributed by atoms with Gasteiger partial charge in [0.05, 0.1) is 31.3 Å². The minimum atomic E-state index is -3.93. The Morgan fingerprint density at radius 3 is 2.24 bits per heavy atom. The second-order valence-electron chi connectivity index (χ2n) is 6.10. The smallest absolute Gasteiger partial charge is 0.264 e. The van der Waals surface area contributed by atoms with E-state index in [1.807, 2.05) is 0 Å². The van der Waals surface area contributed by atoms with E-state index in [2.05, 4.69) is 0 Å². The van der Waals surface area contributed by atoms with Gasteiger partial charge in [-0.25, -0.2) is 8.42 Å². The monoisotopic (exact) mass is 451 g/mol. The van der Waals surface area contributed by atoms with Crippen LogP contribution in [0.4, 0.5) is 5.69 Å². The van der Waals surface area contributed by atoms with Crippen LogP contribution in [0.2, 0.25) is 10.0 Å². The summed E-state index contributed by atoms with van der Waals surface area (Å²) in [5.74, 6) is 0.881. The molecule has 0 aliphatic rings. The van der Waals surface area contributed by atoms with Crippen LogP contribution in [0.15, 0.2) is 71.6 Å². The van der Waals surface area contributed by atoms with Crippen LogP contribution in [0.3, 0.4) is 0 Å². The Hall–Kier alpha value is -2.41. The van der Waals surface area contributed by atoms with Crippen LogP contribution in [-0.4, -0.2) is 22.6 Å². The Balaban J connectivity index is 2.19. The summed E-state index contributed by atoms with van der Waals surface area (Å²) in [4.78, 5) is 0.148. The molecule has 0 heterocycles. The van der Waals surface area contributed by atoms with Gasteiger partial charge in [-0.1, -0.05) is 47.5 Å². The van der Waals surface area contributed by atoms with Crippen LogP contribution in [0.5, 0.6) is 11.5 Å². The fraction of sp³-hybridized carbons (Fsp3) is 0.143. The normalized spacial score (nSPS) is 11.2. The zero-order valence-corrected chi connectivity index (χ0v) is 18.1. The third-order valence-corrected chi connectivity index (χ3v) is 6.68. The molecule has 3 aromatic carbocycles. The van der Waals surface area contributed by atoms with Crippen molar-refractivity contribution in [1.29, 1.82) is 0 Å². The van der Waals surface area contributed by atoms with Crippen LogP contribution in [0, 0.1) is 0 Å². The van der Waals surface area contributed by atoms with Crippen molar-refractivity contribution >= 4 is 38.9 Å². The molecule has 0 aromatic heterocycles. The second kappa shape index (κ2) is 8.95. The minimum Gasteiger partial charge on any atom is -0.497 e. The number of sulfonamides is 1. The molecule has 3 aromatic rings. The molecule has 0 atom stereocenters. The highest BCUT2D eigenvalue weighted by atomic mass is 35.5. The lowest BCUT2D eigenvalue weighted by atomic mass is 10.2. The van der Waals surface area contributed by atoms with Gasteiger partial charge >= 0.3 is 0 Å². The van der Waals surface area contributed by atoms with Crippen LogP contribution in [0.1, 0.15) is 5.56 Å². The van der Waals surface area contributed by atoms with E-state index in [-0.39, 0.29) is 11.4 Å². The van der Waals surface area contributed by atoms with Gasteiger partial charge in [0.25, 0.3) is 10.0 Å². The van der Waals surface area contributed by atoms with Crippen LogP contribution >= 0.6 is 23.2 Å². The summed E-state index contributed by atoms with van der Waals surface area (Å²) in [6.45, 7) is -0.0171. The molecule has 0 N–H and O–H groups in total. The van der Waals surface area contributed by atoms with Crippen molar-refractivity contribution in [1.82, 2.24) is 0 Å². The summed E-state index contributed by atoms with van der Waals surface area (Å²) in [7, 11) is -0.939.